The van der Waals surface area contributed by atoms with Crippen LogP contribution in [-0.2, 0) is 6.54 Å². The zero-order valence-corrected chi connectivity index (χ0v) is 14.6. The van der Waals surface area contributed by atoms with E-state index in [1.54, 1.807) is 0 Å². The average Bonchev–Trinajstić information content (AvgIpc) is 3.21. The number of benzene rings is 1. The third-order valence-corrected chi connectivity index (χ3v) is 4.93. The fourth-order valence-electron chi connectivity index (χ4n) is 3.41. The number of aryl methyl sites for hydroxylation is 2. The second-order valence-electron chi connectivity index (χ2n) is 6.60. The van der Waals surface area contributed by atoms with E-state index in [2.05, 4.69) is 57.4 Å². The minimum absolute atomic E-state index is 0.887. The highest BCUT2D eigenvalue weighted by Crippen LogP contribution is 2.28. The van der Waals surface area contributed by atoms with Crippen LogP contribution in [-0.4, -0.2) is 57.6 Å². The van der Waals surface area contributed by atoms with Crippen LogP contribution in [0.15, 0.2) is 24.7 Å². The van der Waals surface area contributed by atoms with Crippen LogP contribution in [0.1, 0.15) is 12.5 Å². The van der Waals surface area contributed by atoms with Gasteiger partial charge in [-0.2, -0.15) is 0 Å². The van der Waals surface area contributed by atoms with Crippen LogP contribution in [0.25, 0.3) is 22.6 Å². The zero-order chi connectivity index (χ0) is 16.7. The number of aromatic amines is 1. The predicted octanol–water partition coefficient (Wildman–Crippen LogP) is 2.51. The largest absolute Gasteiger partial charge is 0.369 e. The van der Waals surface area contributed by atoms with E-state index in [1.165, 1.54) is 11.3 Å². The molecular weight excluding hydrogens is 300 g/mol. The molecule has 1 aromatic carbocycles. The van der Waals surface area contributed by atoms with E-state index in [0.29, 0.717) is 0 Å². The van der Waals surface area contributed by atoms with E-state index in [0.717, 1.165) is 55.3 Å². The summed E-state index contributed by atoms with van der Waals surface area (Å²) in [6.07, 6.45) is 3.73. The summed E-state index contributed by atoms with van der Waals surface area (Å²) < 4.78 is 2.11. The maximum absolute atomic E-state index is 4.82. The summed E-state index contributed by atoms with van der Waals surface area (Å²) in [4.78, 5) is 17.4. The van der Waals surface area contributed by atoms with Gasteiger partial charge >= 0.3 is 0 Å². The third kappa shape index (κ3) is 2.57. The lowest BCUT2D eigenvalue weighted by atomic mass is 10.1. The van der Waals surface area contributed by atoms with Crippen LogP contribution in [0.4, 0.5) is 5.69 Å². The van der Waals surface area contributed by atoms with Crippen LogP contribution in [0.2, 0.25) is 0 Å². The molecule has 0 saturated carbocycles. The highest BCUT2D eigenvalue weighted by Gasteiger charge is 2.17. The minimum Gasteiger partial charge on any atom is -0.369 e. The molecule has 0 unspecified atom stereocenters. The summed E-state index contributed by atoms with van der Waals surface area (Å²) in [7, 11) is 2.18. The Morgan fingerprint density at radius 2 is 1.96 bits per heavy atom. The molecule has 0 spiro atoms. The van der Waals surface area contributed by atoms with E-state index in [4.69, 9.17) is 4.98 Å². The summed E-state index contributed by atoms with van der Waals surface area (Å²) >= 11 is 0. The van der Waals surface area contributed by atoms with E-state index in [1.807, 2.05) is 12.5 Å². The molecule has 0 bridgehead atoms. The van der Waals surface area contributed by atoms with Gasteiger partial charge in [0.1, 0.15) is 5.69 Å². The monoisotopic (exact) mass is 324 g/mol. The van der Waals surface area contributed by atoms with Crippen molar-refractivity contribution in [1.29, 1.82) is 0 Å². The van der Waals surface area contributed by atoms with E-state index < -0.39 is 0 Å². The first kappa shape index (κ1) is 15.2. The van der Waals surface area contributed by atoms with Crippen molar-refractivity contribution in [1.82, 2.24) is 24.4 Å². The first-order chi connectivity index (χ1) is 11.7. The van der Waals surface area contributed by atoms with Crippen molar-refractivity contribution in [3.63, 3.8) is 0 Å². The molecule has 24 heavy (non-hydrogen) atoms. The van der Waals surface area contributed by atoms with Gasteiger partial charge in [0.05, 0.1) is 23.6 Å². The molecule has 0 aliphatic carbocycles. The molecule has 3 aromatic rings. The quantitative estimate of drug-likeness (QED) is 0.804. The highest BCUT2D eigenvalue weighted by atomic mass is 15.2. The molecule has 0 amide bonds. The van der Waals surface area contributed by atoms with Crippen molar-refractivity contribution in [3.05, 3.63) is 30.2 Å². The minimum atomic E-state index is 0.887. The summed E-state index contributed by atoms with van der Waals surface area (Å²) in [5.41, 5.74) is 5.68. The maximum atomic E-state index is 4.82. The van der Waals surface area contributed by atoms with Crippen LogP contribution >= 0.6 is 0 Å². The summed E-state index contributed by atoms with van der Waals surface area (Å²) in [6, 6.07) is 4.49. The normalized spacial score (nSPS) is 16.2. The lowest BCUT2D eigenvalue weighted by Crippen LogP contribution is -2.44. The molecule has 3 heterocycles. The standard InChI is InChI=1S/C18H24N6/c1-4-23-12-19-11-16(23)18-20-15-10-14(9-13(2)17(15)21-18)24-7-5-22(3)6-8-24/h9-12H,4-8H2,1-3H3,(H,20,21). The van der Waals surface area contributed by atoms with E-state index >= 15 is 0 Å². The van der Waals surface area contributed by atoms with Gasteiger partial charge in [-0.05, 0) is 38.6 Å². The second-order valence-corrected chi connectivity index (χ2v) is 6.60. The van der Waals surface area contributed by atoms with Crippen molar-refractivity contribution in [2.24, 2.45) is 0 Å². The topological polar surface area (TPSA) is 53.0 Å². The Morgan fingerprint density at radius 1 is 1.17 bits per heavy atom. The number of nitrogens with one attached hydrogen (secondary N) is 1. The van der Waals surface area contributed by atoms with E-state index in [-0.39, 0.29) is 0 Å². The number of H-pyrrole nitrogens is 1. The maximum Gasteiger partial charge on any atom is 0.156 e. The average molecular weight is 324 g/mol. The van der Waals surface area contributed by atoms with Crippen molar-refractivity contribution in [2.75, 3.05) is 38.1 Å². The number of likely N-dealkylation sites (N-methyl/N-ethyl adjacent to an activating group) is 1. The Bertz CT molecular complexity index is 854. The van der Waals surface area contributed by atoms with Crippen LogP contribution in [0.5, 0.6) is 0 Å². The smallest absolute Gasteiger partial charge is 0.156 e. The molecule has 2 aromatic heterocycles. The van der Waals surface area contributed by atoms with Crippen molar-refractivity contribution in [2.45, 2.75) is 20.4 Å². The second kappa shape index (κ2) is 5.94. The number of hydrogen-bond donors (Lipinski definition) is 1. The molecular formula is C18H24N6. The number of fused-ring (bicyclic) bond motifs is 1. The SMILES string of the molecule is CCn1cncc1-c1nc2c(C)cc(N3CCN(C)CC3)cc2[nH]1. The van der Waals surface area contributed by atoms with Crippen molar-refractivity contribution < 1.29 is 0 Å². The van der Waals surface area contributed by atoms with Gasteiger partial charge < -0.3 is 19.4 Å². The van der Waals surface area contributed by atoms with Crippen molar-refractivity contribution >= 4 is 16.7 Å². The van der Waals surface area contributed by atoms with Gasteiger partial charge in [0.25, 0.3) is 0 Å². The lowest BCUT2D eigenvalue weighted by molar-refractivity contribution is 0.313. The first-order valence-corrected chi connectivity index (χ1v) is 8.60. The molecule has 1 saturated heterocycles. The molecule has 1 aliphatic rings. The molecule has 0 radical (unpaired) electrons. The fraction of sp³-hybridized carbons (Fsp3) is 0.444. The predicted molar refractivity (Wildman–Crippen MR) is 97.4 cm³/mol. The number of anilines is 1. The number of nitrogens with zero attached hydrogens (tertiary/aromatic N) is 5. The molecule has 1 N–H and O–H groups in total. The van der Waals surface area contributed by atoms with Crippen LogP contribution in [0.3, 0.4) is 0 Å². The van der Waals surface area contributed by atoms with E-state index in [9.17, 15) is 0 Å². The number of aromatic nitrogens is 4. The Labute approximate surface area is 142 Å². The Kier molecular flexibility index (Phi) is 3.76. The molecule has 4 rings (SSSR count). The Hall–Kier alpha value is -2.34. The fourth-order valence-corrected chi connectivity index (χ4v) is 3.41. The van der Waals surface area contributed by atoms with Gasteiger partial charge in [-0.15, -0.1) is 0 Å². The Morgan fingerprint density at radius 3 is 2.71 bits per heavy atom. The van der Waals surface area contributed by atoms with Gasteiger partial charge in [-0.1, -0.05) is 0 Å². The summed E-state index contributed by atoms with van der Waals surface area (Å²) in [6.45, 7) is 9.52. The number of piperazine rings is 1. The molecule has 6 heteroatoms. The van der Waals surface area contributed by atoms with Crippen LogP contribution < -0.4 is 4.90 Å². The van der Waals surface area contributed by atoms with Gasteiger partial charge in [-0.3, -0.25) is 0 Å². The van der Waals surface area contributed by atoms with Crippen molar-refractivity contribution in [3.8, 4) is 11.5 Å². The molecule has 126 valence electrons. The molecule has 1 aliphatic heterocycles. The third-order valence-electron chi connectivity index (χ3n) is 4.93. The number of imidazole rings is 2. The van der Waals surface area contributed by atoms with Gasteiger partial charge in [-0.25, -0.2) is 9.97 Å². The Balaban J connectivity index is 1.73. The summed E-state index contributed by atoms with van der Waals surface area (Å²) in [5, 5.41) is 0. The molecule has 1 fully saturated rings. The highest BCUT2D eigenvalue weighted by molar-refractivity contribution is 5.85. The van der Waals surface area contributed by atoms with Gasteiger partial charge in [0, 0.05) is 38.4 Å². The number of rotatable bonds is 3. The number of hydrogen-bond acceptors (Lipinski definition) is 4. The van der Waals surface area contributed by atoms with Crippen LogP contribution in [0, 0.1) is 6.92 Å². The molecule has 6 nitrogen and oxygen atoms in total. The molecule has 0 atom stereocenters. The van der Waals surface area contributed by atoms with Gasteiger partial charge in [0.2, 0.25) is 0 Å². The van der Waals surface area contributed by atoms with Gasteiger partial charge in [0.15, 0.2) is 5.82 Å². The first-order valence-electron chi connectivity index (χ1n) is 8.60. The lowest BCUT2D eigenvalue weighted by Gasteiger charge is -2.34. The summed E-state index contributed by atoms with van der Waals surface area (Å²) in [5.74, 6) is 0.892. The zero-order valence-electron chi connectivity index (χ0n) is 14.6.